The Labute approximate surface area is 130 Å². The second-order valence-electron chi connectivity index (χ2n) is 4.95. The molecule has 0 bridgehead atoms. The highest BCUT2D eigenvalue weighted by Crippen LogP contribution is 2.19. The van der Waals surface area contributed by atoms with Crippen LogP contribution in [0, 0.1) is 0 Å². The van der Waals surface area contributed by atoms with Crippen LogP contribution in [0.3, 0.4) is 0 Å². The molecule has 4 aromatic rings. The van der Waals surface area contributed by atoms with Gasteiger partial charge in [0.05, 0.1) is 24.3 Å². The Balaban J connectivity index is 1.83. The minimum Gasteiger partial charge on any atom is -0.422 e. The van der Waals surface area contributed by atoms with Crippen LogP contribution in [0.2, 0.25) is 0 Å². The van der Waals surface area contributed by atoms with Gasteiger partial charge in [0, 0.05) is 7.05 Å². The van der Waals surface area contributed by atoms with Crippen molar-refractivity contribution in [3.63, 3.8) is 0 Å². The SMILES string of the molecule is Cn1cc(Oc2nc3c(cnn3-c3ccccc3)c(=O)[nH]2)cn1. The van der Waals surface area contributed by atoms with Gasteiger partial charge < -0.3 is 4.74 Å². The van der Waals surface area contributed by atoms with E-state index in [4.69, 9.17) is 4.74 Å². The number of nitrogens with zero attached hydrogens (tertiary/aromatic N) is 5. The lowest BCUT2D eigenvalue weighted by Gasteiger charge is -2.04. The van der Waals surface area contributed by atoms with Crippen molar-refractivity contribution in [3.05, 3.63) is 59.3 Å². The molecule has 0 saturated heterocycles. The first-order valence-electron chi connectivity index (χ1n) is 6.91. The number of H-pyrrole nitrogens is 1. The molecule has 3 heterocycles. The smallest absolute Gasteiger partial charge is 0.304 e. The van der Waals surface area contributed by atoms with Crippen LogP contribution in [0.1, 0.15) is 0 Å². The average Bonchev–Trinajstić information content (AvgIpc) is 3.15. The van der Waals surface area contributed by atoms with Crippen LogP contribution in [-0.4, -0.2) is 29.5 Å². The molecule has 0 spiro atoms. The summed E-state index contributed by atoms with van der Waals surface area (Å²) in [6.45, 7) is 0. The lowest BCUT2D eigenvalue weighted by molar-refractivity contribution is 0.441. The Morgan fingerprint density at radius 1 is 1.13 bits per heavy atom. The standard InChI is InChI=1S/C15H12N6O2/c1-20-9-11(7-16-20)23-15-18-13-12(14(22)19-15)8-17-21(13)10-5-3-2-4-6-10/h2-9H,1H3,(H,18,19,22). The van der Waals surface area contributed by atoms with Crippen LogP contribution in [0.4, 0.5) is 0 Å². The molecule has 114 valence electrons. The molecule has 23 heavy (non-hydrogen) atoms. The highest BCUT2D eigenvalue weighted by atomic mass is 16.5. The van der Waals surface area contributed by atoms with E-state index in [1.54, 1.807) is 28.8 Å². The number of aromatic nitrogens is 6. The molecule has 0 fully saturated rings. The Hall–Kier alpha value is -3.42. The fraction of sp³-hybridized carbons (Fsp3) is 0.0667. The van der Waals surface area contributed by atoms with E-state index < -0.39 is 0 Å². The number of aromatic amines is 1. The molecule has 0 unspecified atom stereocenters. The first-order chi connectivity index (χ1) is 11.2. The van der Waals surface area contributed by atoms with Gasteiger partial charge in [0.1, 0.15) is 5.39 Å². The van der Waals surface area contributed by atoms with Gasteiger partial charge >= 0.3 is 6.01 Å². The van der Waals surface area contributed by atoms with Gasteiger partial charge in [0.15, 0.2) is 11.4 Å². The number of rotatable bonds is 3. The van der Waals surface area contributed by atoms with Crippen molar-refractivity contribution in [2.75, 3.05) is 0 Å². The van der Waals surface area contributed by atoms with E-state index in [0.29, 0.717) is 16.8 Å². The molecular weight excluding hydrogens is 296 g/mol. The molecule has 3 aromatic heterocycles. The number of nitrogens with one attached hydrogen (secondary N) is 1. The summed E-state index contributed by atoms with van der Waals surface area (Å²) in [7, 11) is 1.77. The van der Waals surface area contributed by atoms with Crippen molar-refractivity contribution < 1.29 is 4.74 Å². The van der Waals surface area contributed by atoms with Crippen molar-refractivity contribution in [3.8, 4) is 17.4 Å². The lowest BCUT2D eigenvalue weighted by Crippen LogP contribution is -2.09. The van der Waals surface area contributed by atoms with E-state index in [-0.39, 0.29) is 11.6 Å². The molecule has 0 aliphatic heterocycles. The molecule has 4 rings (SSSR count). The van der Waals surface area contributed by atoms with E-state index in [1.165, 1.54) is 6.20 Å². The zero-order valence-corrected chi connectivity index (χ0v) is 12.2. The average molecular weight is 308 g/mol. The third-order valence-electron chi connectivity index (χ3n) is 3.31. The summed E-state index contributed by atoms with van der Waals surface area (Å²) in [5, 5.41) is 8.64. The molecule has 0 aliphatic rings. The fourth-order valence-corrected chi connectivity index (χ4v) is 2.27. The van der Waals surface area contributed by atoms with E-state index in [0.717, 1.165) is 5.69 Å². The van der Waals surface area contributed by atoms with Gasteiger partial charge in [0.25, 0.3) is 5.56 Å². The molecule has 8 heteroatoms. The van der Waals surface area contributed by atoms with Crippen LogP contribution in [-0.2, 0) is 7.05 Å². The molecule has 0 amide bonds. The van der Waals surface area contributed by atoms with Crippen molar-refractivity contribution in [1.29, 1.82) is 0 Å². The lowest BCUT2D eigenvalue weighted by atomic mass is 10.3. The number of ether oxygens (including phenoxy) is 1. The van der Waals surface area contributed by atoms with Crippen LogP contribution >= 0.6 is 0 Å². The van der Waals surface area contributed by atoms with Crippen molar-refractivity contribution in [2.45, 2.75) is 0 Å². The number of aryl methyl sites for hydroxylation is 1. The predicted molar refractivity (Wildman–Crippen MR) is 82.8 cm³/mol. The summed E-state index contributed by atoms with van der Waals surface area (Å²) in [6, 6.07) is 9.56. The van der Waals surface area contributed by atoms with Crippen LogP contribution < -0.4 is 10.3 Å². The van der Waals surface area contributed by atoms with Gasteiger partial charge in [-0.2, -0.15) is 15.2 Å². The molecular formula is C15H12N6O2. The molecule has 0 atom stereocenters. The summed E-state index contributed by atoms with van der Waals surface area (Å²) in [5.41, 5.74) is 0.933. The van der Waals surface area contributed by atoms with Crippen LogP contribution in [0.15, 0.2) is 53.7 Å². The zero-order chi connectivity index (χ0) is 15.8. The summed E-state index contributed by atoms with van der Waals surface area (Å²) in [4.78, 5) is 19.1. The molecule has 8 nitrogen and oxygen atoms in total. The third-order valence-corrected chi connectivity index (χ3v) is 3.31. The molecule has 1 aromatic carbocycles. The first-order valence-corrected chi connectivity index (χ1v) is 6.91. The van der Waals surface area contributed by atoms with Gasteiger partial charge in [-0.05, 0) is 12.1 Å². The summed E-state index contributed by atoms with van der Waals surface area (Å²) < 4.78 is 8.75. The minimum absolute atomic E-state index is 0.0909. The second kappa shape index (κ2) is 5.09. The number of benzene rings is 1. The Morgan fingerprint density at radius 2 is 1.96 bits per heavy atom. The van der Waals surface area contributed by atoms with E-state index >= 15 is 0 Å². The molecule has 1 N–H and O–H groups in total. The van der Waals surface area contributed by atoms with Crippen molar-refractivity contribution in [2.24, 2.45) is 7.05 Å². The maximum atomic E-state index is 12.2. The normalized spacial score (nSPS) is 11.0. The Bertz CT molecular complexity index is 1030. The minimum atomic E-state index is -0.309. The number of para-hydroxylation sites is 1. The first kappa shape index (κ1) is 13.3. The Morgan fingerprint density at radius 3 is 2.70 bits per heavy atom. The van der Waals surface area contributed by atoms with Crippen LogP contribution in [0.25, 0.3) is 16.7 Å². The van der Waals surface area contributed by atoms with Gasteiger partial charge in [-0.1, -0.05) is 18.2 Å². The Kier molecular flexibility index (Phi) is 2.94. The highest BCUT2D eigenvalue weighted by Gasteiger charge is 2.12. The van der Waals surface area contributed by atoms with E-state index in [1.807, 2.05) is 30.3 Å². The van der Waals surface area contributed by atoms with Gasteiger partial charge in [-0.15, -0.1) is 0 Å². The predicted octanol–water partition coefficient (Wildman–Crippen LogP) is 1.63. The molecule has 0 saturated carbocycles. The highest BCUT2D eigenvalue weighted by molar-refractivity contribution is 5.75. The molecule has 0 radical (unpaired) electrons. The number of hydrogen-bond acceptors (Lipinski definition) is 5. The maximum Gasteiger partial charge on any atom is 0.304 e. The van der Waals surface area contributed by atoms with Crippen molar-refractivity contribution >= 4 is 11.0 Å². The quantitative estimate of drug-likeness (QED) is 0.621. The number of hydrogen-bond donors (Lipinski definition) is 1. The largest absolute Gasteiger partial charge is 0.422 e. The summed E-state index contributed by atoms with van der Waals surface area (Å²) in [6.07, 6.45) is 4.71. The zero-order valence-electron chi connectivity index (χ0n) is 12.2. The van der Waals surface area contributed by atoms with Crippen LogP contribution in [0.5, 0.6) is 11.8 Å². The second-order valence-corrected chi connectivity index (χ2v) is 4.95. The summed E-state index contributed by atoms with van der Waals surface area (Å²) in [5.74, 6) is 0.487. The van der Waals surface area contributed by atoms with Gasteiger partial charge in [-0.3, -0.25) is 14.5 Å². The maximum absolute atomic E-state index is 12.2. The fourth-order valence-electron chi connectivity index (χ4n) is 2.27. The summed E-state index contributed by atoms with van der Waals surface area (Å²) >= 11 is 0. The van der Waals surface area contributed by atoms with E-state index in [9.17, 15) is 4.79 Å². The topological polar surface area (TPSA) is 90.6 Å². The monoisotopic (exact) mass is 308 g/mol. The number of fused-ring (bicyclic) bond motifs is 1. The van der Waals surface area contributed by atoms with E-state index in [2.05, 4.69) is 20.2 Å². The van der Waals surface area contributed by atoms with Crippen molar-refractivity contribution in [1.82, 2.24) is 29.5 Å². The van der Waals surface area contributed by atoms with Gasteiger partial charge in [0.2, 0.25) is 0 Å². The molecule has 0 aliphatic carbocycles. The third kappa shape index (κ3) is 2.35. The van der Waals surface area contributed by atoms with Gasteiger partial charge in [-0.25, -0.2) is 4.68 Å².